The van der Waals surface area contributed by atoms with Gasteiger partial charge >= 0.3 is 11.8 Å². The summed E-state index contributed by atoms with van der Waals surface area (Å²) in [5.41, 5.74) is 0.880. The molecular formula is C12H13N3O4S. The molecule has 0 fully saturated rings. The minimum Gasteiger partial charge on any atom is -0.481 e. The Hall–Kier alpha value is -2.09. The zero-order chi connectivity index (χ0) is 14.7. The highest BCUT2D eigenvalue weighted by atomic mass is 32.2. The fourth-order valence-corrected chi connectivity index (χ4v) is 2.73. The van der Waals surface area contributed by atoms with Gasteiger partial charge in [-0.15, -0.1) is 0 Å². The van der Waals surface area contributed by atoms with Gasteiger partial charge in [0, 0.05) is 17.6 Å². The topological polar surface area (TPSA) is 97.7 Å². The number of imidazole rings is 1. The van der Waals surface area contributed by atoms with Crippen molar-refractivity contribution in [2.24, 2.45) is 5.92 Å². The lowest BCUT2D eigenvalue weighted by atomic mass is 10.2. The summed E-state index contributed by atoms with van der Waals surface area (Å²) < 4.78 is 1.43. The standard InChI is InChI=1S/C12H13N3O4S/c1-8(12(16)17)6-20-7-9-11(15(18)19)14-5-3-2-4-10(14)13-9/h2-5,8H,6-7H2,1H3,(H,16,17). The predicted octanol–water partition coefficient (Wildman–Crippen LogP) is 2.20. The molecule has 2 aromatic heterocycles. The first-order valence-electron chi connectivity index (χ1n) is 5.91. The molecule has 0 radical (unpaired) electrons. The van der Waals surface area contributed by atoms with E-state index in [2.05, 4.69) is 4.98 Å². The summed E-state index contributed by atoms with van der Waals surface area (Å²) in [7, 11) is 0. The van der Waals surface area contributed by atoms with Gasteiger partial charge in [0.25, 0.3) is 0 Å². The van der Waals surface area contributed by atoms with E-state index in [-0.39, 0.29) is 5.82 Å². The van der Waals surface area contributed by atoms with Crippen LogP contribution in [0.3, 0.4) is 0 Å². The van der Waals surface area contributed by atoms with Crippen LogP contribution >= 0.6 is 11.8 Å². The van der Waals surface area contributed by atoms with E-state index < -0.39 is 16.8 Å². The van der Waals surface area contributed by atoms with Crippen LogP contribution in [0.1, 0.15) is 12.6 Å². The number of rotatable bonds is 6. The third kappa shape index (κ3) is 2.90. The molecule has 1 atom stereocenters. The number of aromatic nitrogens is 2. The molecule has 0 aliphatic rings. The molecule has 0 aliphatic heterocycles. The summed E-state index contributed by atoms with van der Waals surface area (Å²) in [4.78, 5) is 25.6. The number of carboxylic acids is 1. The summed E-state index contributed by atoms with van der Waals surface area (Å²) in [6, 6.07) is 5.15. The van der Waals surface area contributed by atoms with E-state index in [1.165, 1.54) is 16.2 Å². The molecule has 0 saturated carbocycles. The van der Waals surface area contributed by atoms with E-state index in [0.717, 1.165) is 0 Å². The Morgan fingerprint density at radius 3 is 3.00 bits per heavy atom. The minimum atomic E-state index is -0.873. The van der Waals surface area contributed by atoms with Crippen molar-refractivity contribution in [1.29, 1.82) is 0 Å². The van der Waals surface area contributed by atoms with Crippen LogP contribution in [0.25, 0.3) is 5.65 Å². The maximum atomic E-state index is 11.1. The Kier molecular flexibility index (Phi) is 4.23. The van der Waals surface area contributed by atoms with Crippen LogP contribution in [0, 0.1) is 16.0 Å². The van der Waals surface area contributed by atoms with E-state index in [1.54, 1.807) is 31.3 Å². The van der Waals surface area contributed by atoms with Gasteiger partial charge in [0.1, 0.15) is 5.69 Å². The van der Waals surface area contributed by atoms with Crippen LogP contribution in [0.2, 0.25) is 0 Å². The highest BCUT2D eigenvalue weighted by Crippen LogP contribution is 2.25. The van der Waals surface area contributed by atoms with Gasteiger partial charge in [-0.25, -0.2) is 4.98 Å². The molecule has 0 saturated heterocycles. The van der Waals surface area contributed by atoms with Gasteiger partial charge in [0.2, 0.25) is 5.65 Å². The maximum Gasteiger partial charge on any atom is 0.351 e. The van der Waals surface area contributed by atoms with Crippen molar-refractivity contribution in [2.45, 2.75) is 12.7 Å². The molecule has 1 N–H and O–H groups in total. The average molecular weight is 295 g/mol. The smallest absolute Gasteiger partial charge is 0.351 e. The minimum absolute atomic E-state index is 0.0592. The van der Waals surface area contributed by atoms with Gasteiger partial charge in [-0.05, 0) is 11.0 Å². The number of thioether (sulfide) groups is 1. The number of aliphatic carboxylic acids is 1. The third-order valence-corrected chi connectivity index (χ3v) is 3.99. The molecule has 7 nitrogen and oxygen atoms in total. The van der Waals surface area contributed by atoms with Crippen LogP contribution in [0.5, 0.6) is 0 Å². The lowest BCUT2D eigenvalue weighted by Crippen LogP contribution is -2.12. The van der Waals surface area contributed by atoms with Gasteiger partial charge in [-0.3, -0.25) is 4.79 Å². The highest BCUT2D eigenvalue weighted by Gasteiger charge is 2.22. The van der Waals surface area contributed by atoms with E-state index in [4.69, 9.17) is 5.11 Å². The van der Waals surface area contributed by atoms with Gasteiger partial charge in [-0.2, -0.15) is 16.2 Å². The van der Waals surface area contributed by atoms with Crippen molar-refractivity contribution >= 4 is 29.2 Å². The quantitative estimate of drug-likeness (QED) is 0.648. The van der Waals surface area contributed by atoms with Crippen molar-refractivity contribution in [3.63, 3.8) is 0 Å². The lowest BCUT2D eigenvalue weighted by molar-refractivity contribution is -0.391. The molecule has 0 bridgehead atoms. The first kappa shape index (κ1) is 14.3. The summed E-state index contributed by atoms with van der Waals surface area (Å²) >= 11 is 1.33. The SMILES string of the molecule is CC(CSCc1nc2ccccn2c1[N+](=O)[O-])C(=O)O. The van der Waals surface area contributed by atoms with Crippen LogP contribution in [0.15, 0.2) is 24.4 Å². The van der Waals surface area contributed by atoms with Crippen LogP contribution in [0.4, 0.5) is 5.82 Å². The van der Waals surface area contributed by atoms with Gasteiger partial charge < -0.3 is 15.2 Å². The molecule has 0 spiro atoms. The average Bonchev–Trinajstić information content (AvgIpc) is 2.76. The molecule has 0 aliphatic carbocycles. The Balaban J connectivity index is 2.19. The number of carbonyl (C=O) groups is 1. The largest absolute Gasteiger partial charge is 0.481 e. The summed E-state index contributed by atoms with van der Waals surface area (Å²) in [6.07, 6.45) is 1.59. The van der Waals surface area contributed by atoms with Crippen LogP contribution in [-0.2, 0) is 10.5 Å². The van der Waals surface area contributed by atoms with E-state index >= 15 is 0 Å². The number of carboxylic acid groups (broad SMARTS) is 1. The summed E-state index contributed by atoms with van der Waals surface area (Å²) in [5.74, 6) is -0.718. The Labute approximate surface area is 118 Å². The monoisotopic (exact) mass is 295 g/mol. The molecule has 20 heavy (non-hydrogen) atoms. The van der Waals surface area contributed by atoms with Crippen LogP contribution < -0.4 is 0 Å². The Morgan fingerprint density at radius 1 is 1.60 bits per heavy atom. The zero-order valence-electron chi connectivity index (χ0n) is 10.7. The number of pyridine rings is 1. The Bertz CT molecular complexity index is 655. The van der Waals surface area contributed by atoms with Crippen LogP contribution in [-0.4, -0.2) is 31.1 Å². The van der Waals surface area contributed by atoms with Gasteiger partial charge in [-0.1, -0.05) is 13.0 Å². The summed E-state index contributed by atoms with van der Waals surface area (Å²) in [6.45, 7) is 1.60. The number of hydrogen-bond acceptors (Lipinski definition) is 5. The van der Waals surface area contributed by atoms with Crippen molar-refractivity contribution in [3.05, 3.63) is 40.2 Å². The molecule has 2 aromatic rings. The van der Waals surface area contributed by atoms with E-state index in [1.807, 2.05) is 0 Å². The molecule has 2 heterocycles. The lowest BCUT2D eigenvalue weighted by Gasteiger charge is -2.04. The third-order valence-electron chi connectivity index (χ3n) is 2.78. The Morgan fingerprint density at radius 2 is 2.35 bits per heavy atom. The number of nitro groups is 1. The second-order valence-electron chi connectivity index (χ2n) is 4.32. The highest BCUT2D eigenvalue weighted by molar-refractivity contribution is 7.98. The molecule has 8 heteroatoms. The normalized spacial score (nSPS) is 12.4. The van der Waals surface area contributed by atoms with Gasteiger partial charge in [0.15, 0.2) is 0 Å². The van der Waals surface area contributed by atoms with E-state index in [0.29, 0.717) is 22.8 Å². The predicted molar refractivity (Wildman–Crippen MR) is 74.8 cm³/mol. The number of nitrogens with zero attached hydrogens (tertiary/aromatic N) is 3. The second kappa shape index (κ2) is 5.91. The molecule has 2 rings (SSSR count). The molecule has 0 amide bonds. The first-order chi connectivity index (χ1) is 9.50. The molecule has 0 aromatic carbocycles. The maximum absolute atomic E-state index is 11.1. The number of fused-ring (bicyclic) bond motifs is 1. The van der Waals surface area contributed by atoms with Crippen molar-refractivity contribution < 1.29 is 14.8 Å². The van der Waals surface area contributed by atoms with Gasteiger partial charge in [0.05, 0.1) is 12.1 Å². The van der Waals surface area contributed by atoms with Crippen molar-refractivity contribution in [1.82, 2.24) is 9.38 Å². The van der Waals surface area contributed by atoms with Crippen molar-refractivity contribution in [3.8, 4) is 0 Å². The number of hydrogen-bond donors (Lipinski definition) is 1. The zero-order valence-corrected chi connectivity index (χ0v) is 11.5. The van der Waals surface area contributed by atoms with Crippen molar-refractivity contribution in [2.75, 3.05) is 5.75 Å². The first-order valence-corrected chi connectivity index (χ1v) is 7.07. The molecule has 1 unspecified atom stereocenters. The second-order valence-corrected chi connectivity index (χ2v) is 5.35. The fourth-order valence-electron chi connectivity index (χ4n) is 1.73. The molecular weight excluding hydrogens is 282 g/mol. The fraction of sp³-hybridized carbons (Fsp3) is 0.333. The molecule has 106 valence electrons. The summed E-state index contributed by atoms with van der Waals surface area (Å²) in [5, 5.41) is 19.9. The van der Waals surface area contributed by atoms with E-state index in [9.17, 15) is 14.9 Å².